The van der Waals surface area contributed by atoms with E-state index in [1.54, 1.807) is 45.0 Å². The molecule has 2 aromatic heterocycles. The van der Waals surface area contributed by atoms with Gasteiger partial charge in [-0.05, 0) is 94.3 Å². The Morgan fingerprint density at radius 2 is 1.53 bits per heavy atom. The van der Waals surface area contributed by atoms with Gasteiger partial charge >= 0.3 is 6.09 Å². The van der Waals surface area contributed by atoms with Crippen LogP contribution < -0.4 is 28.2 Å². The standard InChI is InChI=1S/C42H51N5O13S2/c1-42(2,3)59-41(48)46(37-23-31(28-14-15-28)47(43-37)38-11-9-10-18-57-38)32-22-33-30(21-34(32)54-5)40(44-60-33)45(24-26-12-16-29(53-4)17-13-26)62(51,52)39-35(55-6)19-27(20-36(39)56-7)25-58-61(8,49)50/h12-13,16-17,19-23,28,38H,9-11,14-15,18,24-25H2,1-8H3. The molecule has 0 spiro atoms. The molecule has 7 rings (SSSR count). The van der Waals surface area contributed by atoms with E-state index in [2.05, 4.69) is 5.16 Å². The number of methoxy groups -OCH3 is 4. The lowest BCUT2D eigenvalue weighted by Crippen LogP contribution is -2.34. The summed E-state index contributed by atoms with van der Waals surface area (Å²) >= 11 is 0. The second kappa shape index (κ2) is 17.7. The fraction of sp³-hybridized carbons (Fsp3) is 0.452. The summed E-state index contributed by atoms with van der Waals surface area (Å²) in [6, 6.07) is 14.4. The molecular weight excluding hydrogens is 847 g/mol. The molecule has 1 unspecified atom stereocenters. The Kier molecular flexibility index (Phi) is 12.7. The number of amides is 1. The number of nitrogens with zero attached hydrogens (tertiary/aromatic N) is 5. The number of carbonyl (C=O) groups is 1. The molecule has 5 aromatic rings. The monoisotopic (exact) mass is 897 g/mol. The van der Waals surface area contributed by atoms with Crippen molar-refractivity contribution >= 4 is 54.5 Å². The summed E-state index contributed by atoms with van der Waals surface area (Å²) in [5.41, 5.74) is 1.17. The van der Waals surface area contributed by atoms with Crippen molar-refractivity contribution in [2.75, 3.05) is 50.5 Å². The predicted octanol–water partition coefficient (Wildman–Crippen LogP) is 7.58. The highest BCUT2D eigenvalue weighted by Crippen LogP contribution is 2.47. The molecule has 1 amide bonds. The van der Waals surface area contributed by atoms with Gasteiger partial charge in [0.25, 0.3) is 20.1 Å². The number of sulfonamides is 1. The van der Waals surface area contributed by atoms with Gasteiger partial charge in [-0.15, -0.1) is 0 Å². The van der Waals surface area contributed by atoms with Crippen LogP contribution in [0, 0.1) is 0 Å². The first-order valence-corrected chi connectivity index (χ1v) is 23.2. The molecule has 62 heavy (non-hydrogen) atoms. The number of hydrogen-bond acceptors (Lipinski definition) is 15. The van der Waals surface area contributed by atoms with E-state index in [1.165, 1.54) is 57.6 Å². The fourth-order valence-electron chi connectivity index (χ4n) is 7.15. The average molecular weight is 898 g/mol. The minimum atomic E-state index is -4.69. The van der Waals surface area contributed by atoms with Crippen LogP contribution in [-0.2, 0) is 46.9 Å². The van der Waals surface area contributed by atoms with Crippen LogP contribution in [0.2, 0.25) is 0 Å². The Bertz CT molecular complexity index is 2620. The second-order valence-electron chi connectivity index (χ2n) is 16.0. The molecule has 2 fully saturated rings. The Morgan fingerprint density at radius 3 is 2.10 bits per heavy atom. The molecule has 2 aliphatic rings. The summed E-state index contributed by atoms with van der Waals surface area (Å²) < 4.78 is 102. The summed E-state index contributed by atoms with van der Waals surface area (Å²) in [5.74, 6) is 0.806. The molecule has 1 atom stereocenters. The van der Waals surface area contributed by atoms with Crippen LogP contribution in [0.15, 0.2) is 64.0 Å². The van der Waals surface area contributed by atoms with Crippen molar-refractivity contribution < 1.29 is 58.8 Å². The van der Waals surface area contributed by atoms with E-state index < -0.39 is 38.4 Å². The predicted molar refractivity (Wildman–Crippen MR) is 228 cm³/mol. The summed E-state index contributed by atoms with van der Waals surface area (Å²) in [6.45, 7) is 5.21. The number of anilines is 3. The molecule has 0 N–H and O–H groups in total. The van der Waals surface area contributed by atoms with E-state index in [4.69, 9.17) is 42.2 Å². The average Bonchev–Trinajstić information content (AvgIpc) is 3.87. The molecule has 0 radical (unpaired) electrons. The van der Waals surface area contributed by atoms with Gasteiger partial charge in [-0.3, -0.25) is 4.18 Å². The minimum absolute atomic E-state index is 0.101. The van der Waals surface area contributed by atoms with E-state index in [9.17, 15) is 13.2 Å². The van der Waals surface area contributed by atoms with Crippen molar-refractivity contribution in [3.63, 3.8) is 0 Å². The summed E-state index contributed by atoms with van der Waals surface area (Å²) in [6.07, 6.45) is 4.55. The fourth-order valence-corrected chi connectivity index (χ4v) is 9.19. The number of aromatic nitrogens is 3. The molecule has 1 saturated heterocycles. The van der Waals surface area contributed by atoms with Crippen molar-refractivity contribution in [2.45, 2.75) is 88.7 Å². The Morgan fingerprint density at radius 1 is 0.855 bits per heavy atom. The molecule has 1 aliphatic heterocycles. The molecule has 18 nitrogen and oxygen atoms in total. The van der Waals surface area contributed by atoms with Gasteiger partial charge in [0.05, 0.1) is 58.9 Å². The van der Waals surface area contributed by atoms with Crippen molar-refractivity contribution in [1.29, 1.82) is 0 Å². The third kappa shape index (κ3) is 9.57. The lowest BCUT2D eigenvalue weighted by molar-refractivity contribution is -0.0410. The summed E-state index contributed by atoms with van der Waals surface area (Å²) in [5, 5.41) is 9.49. The van der Waals surface area contributed by atoms with Gasteiger partial charge in [-0.2, -0.15) is 13.5 Å². The molecule has 1 aliphatic carbocycles. The van der Waals surface area contributed by atoms with Crippen LogP contribution in [0.4, 0.5) is 22.1 Å². The van der Waals surface area contributed by atoms with Gasteiger partial charge in [0.1, 0.15) is 28.6 Å². The molecule has 3 heterocycles. The van der Waals surface area contributed by atoms with E-state index in [0.717, 1.165) is 48.4 Å². The van der Waals surface area contributed by atoms with E-state index in [1.807, 2.05) is 10.7 Å². The molecule has 3 aromatic carbocycles. The quantitative estimate of drug-likeness (QED) is 0.0877. The first kappa shape index (κ1) is 44.5. The zero-order valence-electron chi connectivity index (χ0n) is 35.9. The highest BCUT2D eigenvalue weighted by Gasteiger charge is 2.39. The molecule has 0 bridgehead atoms. The van der Waals surface area contributed by atoms with Crippen molar-refractivity contribution in [3.05, 3.63) is 71.4 Å². The van der Waals surface area contributed by atoms with Crippen molar-refractivity contribution in [1.82, 2.24) is 14.9 Å². The van der Waals surface area contributed by atoms with Gasteiger partial charge in [0.15, 0.2) is 28.3 Å². The van der Waals surface area contributed by atoms with Crippen LogP contribution in [0.25, 0.3) is 11.0 Å². The topological polar surface area (TPSA) is 200 Å². The Hall–Kier alpha value is -5.57. The third-order valence-electron chi connectivity index (χ3n) is 10.2. The highest BCUT2D eigenvalue weighted by atomic mass is 32.2. The zero-order chi connectivity index (χ0) is 44.6. The largest absolute Gasteiger partial charge is 0.497 e. The Labute approximate surface area is 360 Å². The smallest absolute Gasteiger partial charge is 0.420 e. The number of hydrogen-bond donors (Lipinski definition) is 0. The van der Waals surface area contributed by atoms with E-state index in [-0.39, 0.29) is 74.7 Å². The second-order valence-corrected chi connectivity index (χ2v) is 19.4. The number of rotatable bonds is 16. The maximum absolute atomic E-state index is 15.2. The van der Waals surface area contributed by atoms with Gasteiger partial charge in [-0.25, -0.2) is 27.1 Å². The van der Waals surface area contributed by atoms with Gasteiger partial charge in [0, 0.05) is 30.4 Å². The van der Waals surface area contributed by atoms with Crippen LogP contribution in [0.5, 0.6) is 23.0 Å². The van der Waals surface area contributed by atoms with Crippen LogP contribution in [0.3, 0.4) is 0 Å². The first-order chi connectivity index (χ1) is 29.4. The maximum Gasteiger partial charge on any atom is 0.420 e. The van der Waals surface area contributed by atoms with Crippen LogP contribution in [-0.4, -0.2) is 84.8 Å². The van der Waals surface area contributed by atoms with Gasteiger partial charge in [-0.1, -0.05) is 17.3 Å². The molecule has 1 saturated carbocycles. The molecular formula is C42H51N5O13S2. The molecule has 334 valence electrons. The number of ether oxygens (including phenoxy) is 6. The lowest BCUT2D eigenvalue weighted by atomic mass is 10.1. The minimum Gasteiger partial charge on any atom is -0.497 e. The van der Waals surface area contributed by atoms with Gasteiger partial charge < -0.3 is 32.9 Å². The van der Waals surface area contributed by atoms with E-state index in [0.29, 0.717) is 17.9 Å². The lowest BCUT2D eigenvalue weighted by Gasteiger charge is -2.27. The SMILES string of the molecule is COc1ccc(CN(c2noc3cc(N(C(=O)OC(C)(C)C)c4cc(C5CC5)n(C5CCCCO5)n4)c(OC)cc23)S(=O)(=O)c2c(OC)cc(COS(C)(=O)=O)cc2OC)cc1. The normalized spacial score (nSPS) is 15.9. The number of benzene rings is 3. The van der Waals surface area contributed by atoms with Crippen molar-refractivity contribution in [3.8, 4) is 23.0 Å². The number of carbonyl (C=O) groups excluding carboxylic acids is 1. The molecule has 20 heteroatoms. The first-order valence-electron chi connectivity index (χ1n) is 19.9. The van der Waals surface area contributed by atoms with Crippen LogP contribution >= 0.6 is 0 Å². The van der Waals surface area contributed by atoms with Crippen LogP contribution in [0.1, 0.15) is 81.8 Å². The van der Waals surface area contributed by atoms with Gasteiger partial charge in [0.2, 0.25) is 0 Å². The Balaban J connectivity index is 1.38. The zero-order valence-corrected chi connectivity index (χ0v) is 37.5. The number of fused-ring (bicyclic) bond motifs is 1. The maximum atomic E-state index is 15.2. The summed E-state index contributed by atoms with van der Waals surface area (Å²) in [4.78, 5) is 15.2. The highest BCUT2D eigenvalue weighted by molar-refractivity contribution is 7.93. The third-order valence-corrected chi connectivity index (χ3v) is 12.6. The summed E-state index contributed by atoms with van der Waals surface area (Å²) in [7, 11) is -3.04. The van der Waals surface area contributed by atoms with Crippen molar-refractivity contribution in [2.24, 2.45) is 0 Å². The van der Waals surface area contributed by atoms with E-state index >= 15 is 8.42 Å².